The van der Waals surface area contributed by atoms with Gasteiger partial charge in [-0.2, -0.15) is 0 Å². The number of hydrogen-bond donors (Lipinski definition) is 1. The van der Waals surface area contributed by atoms with Gasteiger partial charge in [-0.15, -0.1) is 11.3 Å². The van der Waals surface area contributed by atoms with Crippen LogP contribution in [-0.4, -0.2) is 48.6 Å². The maximum Gasteiger partial charge on any atom is 0.270 e. The minimum Gasteiger partial charge on any atom is -0.481 e. The van der Waals surface area contributed by atoms with Gasteiger partial charge in [0.15, 0.2) is 0 Å². The van der Waals surface area contributed by atoms with Crippen LogP contribution in [0.15, 0.2) is 17.5 Å². The molecule has 3 aliphatic heterocycles. The third-order valence-electron chi connectivity index (χ3n) is 4.81. The van der Waals surface area contributed by atoms with Crippen molar-refractivity contribution in [3.63, 3.8) is 0 Å². The monoisotopic (exact) mass is 317 g/mol. The number of nitrogens with zero attached hydrogens (tertiary/aromatic N) is 2. The summed E-state index contributed by atoms with van der Waals surface area (Å²) in [4.78, 5) is 19.4. The number of piperidine rings is 3. The summed E-state index contributed by atoms with van der Waals surface area (Å²) in [5.41, 5.74) is 0.447. The van der Waals surface area contributed by atoms with E-state index in [-0.39, 0.29) is 11.9 Å². The highest BCUT2D eigenvalue weighted by atomic mass is 32.1. The second-order valence-electron chi connectivity index (χ2n) is 6.07. The van der Waals surface area contributed by atoms with Gasteiger partial charge in [-0.05, 0) is 49.4 Å². The second kappa shape index (κ2) is 5.52. The highest BCUT2D eigenvalue weighted by Crippen LogP contribution is 2.30. The molecule has 1 atom stereocenters. The first-order chi connectivity index (χ1) is 10.7. The van der Waals surface area contributed by atoms with Gasteiger partial charge >= 0.3 is 0 Å². The lowest BCUT2D eigenvalue weighted by atomic mass is 9.84. The summed E-state index contributed by atoms with van der Waals surface area (Å²) in [7, 11) is 1.59. The van der Waals surface area contributed by atoms with Crippen molar-refractivity contribution in [3.8, 4) is 5.88 Å². The predicted molar refractivity (Wildman–Crippen MR) is 86.6 cm³/mol. The van der Waals surface area contributed by atoms with E-state index in [4.69, 9.17) is 4.74 Å². The van der Waals surface area contributed by atoms with Gasteiger partial charge in [0.2, 0.25) is 5.88 Å². The van der Waals surface area contributed by atoms with Gasteiger partial charge in [0.25, 0.3) is 5.91 Å². The molecule has 6 heteroatoms. The summed E-state index contributed by atoms with van der Waals surface area (Å²) in [5, 5.41) is 6.14. The molecular formula is C16H19N3O2S. The van der Waals surface area contributed by atoms with Crippen molar-refractivity contribution in [2.45, 2.75) is 18.9 Å². The highest BCUT2D eigenvalue weighted by molar-refractivity contribution is 7.17. The predicted octanol–water partition coefficient (Wildman–Crippen LogP) is 2.13. The van der Waals surface area contributed by atoms with Crippen LogP contribution in [0.25, 0.3) is 10.1 Å². The zero-order valence-corrected chi connectivity index (χ0v) is 13.4. The van der Waals surface area contributed by atoms with E-state index in [0.717, 1.165) is 16.6 Å². The molecule has 0 aliphatic carbocycles. The van der Waals surface area contributed by atoms with Gasteiger partial charge in [0.05, 0.1) is 12.5 Å². The van der Waals surface area contributed by atoms with Crippen LogP contribution in [0.4, 0.5) is 0 Å². The number of methoxy groups -OCH3 is 1. The molecule has 22 heavy (non-hydrogen) atoms. The number of hydrogen-bond acceptors (Lipinski definition) is 5. The lowest BCUT2D eigenvalue weighted by Crippen LogP contribution is -2.57. The van der Waals surface area contributed by atoms with Crippen molar-refractivity contribution in [2.24, 2.45) is 5.92 Å². The van der Waals surface area contributed by atoms with E-state index in [0.29, 0.717) is 17.5 Å². The molecule has 2 aromatic heterocycles. The Morgan fingerprint density at radius 3 is 2.95 bits per heavy atom. The first kappa shape index (κ1) is 14.0. The van der Waals surface area contributed by atoms with Crippen LogP contribution in [0, 0.1) is 5.92 Å². The lowest BCUT2D eigenvalue weighted by molar-refractivity contribution is 0.0617. The molecule has 5 nitrogen and oxygen atoms in total. The molecule has 2 aromatic rings. The Balaban J connectivity index is 1.57. The molecular weight excluding hydrogens is 298 g/mol. The molecule has 3 saturated heterocycles. The molecule has 0 spiro atoms. The fourth-order valence-corrected chi connectivity index (χ4v) is 4.39. The van der Waals surface area contributed by atoms with E-state index in [2.05, 4.69) is 15.2 Å². The number of nitrogens with one attached hydrogen (secondary N) is 1. The topological polar surface area (TPSA) is 54.5 Å². The first-order valence-electron chi connectivity index (χ1n) is 7.70. The molecule has 0 saturated carbocycles. The largest absolute Gasteiger partial charge is 0.481 e. The maximum atomic E-state index is 12.6. The molecule has 3 aliphatic rings. The Morgan fingerprint density at radius 2 is 2.27 bits per heavy atom. The van der Waals surface area contributed by atoms with Crippen LogP contribution < -0.4 is 10.1 Å². The molecule has 2 bridgehead atoms. The Hall–Kier alpha value is -1.66. The van der Waals surface area contributed by atoms with E-state index in [1.54, 1.807) is 18.4 Å². The van der Waals surface area contributed by atoms with Crippen LogP contribution in [0.3, 0.4) is 0 Å². The zero-order chi connectivity index (χ0) is 15.1. The van der Waals surface area contributed by atoms with E-state index >= 15 is 0 Å². The third kappa shape index (κ3) is 2.36. The number of carbonyl (C=O) groups is 1. The molecule has 5 rings (SSSR count). The van der Waals surface area contributed by atoms with Crippen molar-refractivity contribution < 1.29 is 9.53 Å². The number of thiophene rings is 1. The average molecular weight is 317 g/mol. The first-order valence-corrected chi connectivity index (χ1v) is 8.58. The smallest absolute Gasteiger partial charge is 0.270 e. The Bertz CT molecular complexity index is 706. The molecule has 5 heterocycles. The lowest BCUT2D eigenvalue weighted by Gasteiger charge is -2.44. The molecule has 1 N–H and O–H groups in total. The van der Waals surface area contributed by atoms with Gasteiger partial charge in [0.1, 0.15) is 5.69 Å². The zero-order valence-electron chi connectivity index (χ0n) is 12.5. The van der Waals surface area contributed by atoms with Gasteiger partial charge in [-0.1, -0.05) is 0 Å². The Morgan fingerprint density at radius 1 is 1.45 bits per heavy atom. The molecule has 3 fully saturated rings. The van der Waals surface area contributed by atoms with Gasteiger partial charge < -0.3 is 15.0 Å². The Kier molecular flexibility index (Phi) is 3.50. The summed E-state index contributed by atoms with van der Waals surface area (Å²) in [5.74, 6) is 1.05. The van der Waals surface area contributed by atoms with Crippen molar-refractivity contribution in [1.29, 1.82) is 0 Å². The van der Waals surface area contributed by atoms with Crippen LogP contribution in [0.5, 0.6) is 5.88 Å². The highest BCUT2D eigenvalue weighted by Gasteiger charge is 2.35. The van der Waals surface area contributed by atoms with E-state index < -0.39 is 0 Å². The maximum absolute atomic E-state index is 12.6. The Labute approximate surface area is 133 Å². The number of amides is 1. The summed E-state index contributed by atoms with van der Waals surface area (Å²) in [6.45, 7) is 3.31. The van der Waals surface area contributed by atoms with Crippen molar-refractivity contribution in [1.82, 2.24) is 15.2 Å². The number of pyridine rings is 1. The molecule has 0 aromatic carbocycles. The van der Waals surface area contributed by atoms with Crippen LogP contribution in [0.1, 0.15) is 23.3 Å². The van der Waals surface area contributed by atoms with Crippen molar-refractivity contribution in [2.75, 3.05) is 26.7 Å². The second-order valence-corrected chi connectivity index (χ2v) is 7.01. The number of aromatic nitrogens is 1. The number of ether oxygens (including phenoxy) is 1. The SMILES string of the molecule is COc1nc(C(=O)N[C@H]2CN3CCC2CC3)cc2sccc12. The van der Waals surface area contributed by atoms with Crippen LogP contribution >= 0.6 is 11.3 Å². The molecule has 0 unspecified atom stereocenters. The van der Waals surface area contributed by atoms with Crippen LogP contribution in [-0.2, 0) is 0 Å². The van der Waals surface area contributed by atoms with Crippen LogP contribution in [0.2, 0.25) is 0 Å². The normalized spacial score (nSPS) is 27.0. The average Bonchev–Trinajstić information content (AvgIpc) is 3.03. The number of rotatable bonds is 3. The molecule has 116 valence electrons. The van der Waals surface area contributed by atoms with E-state index in [9.17, 15) is 4.79 Å². The minimum atomic E-state index is -0.0904. The molecule has 1 amide bonds. The standard InChI is InChI=1S/C16H19N3O2S/c1-21-16-11-4-7-22-14(11)8-12(18-16)15(20)17-13-9-19-5-2-10(13)3-6-19/h4,7-8,10,13H,2-3,5-6,9H2,1H3,(H,17,20)/t13-/m0/s1. The van der Waals surface area contributed by atoms with E-state index in [1.165, 1.54) is 25.9 Å². The summed E-state index contributed by atoms with van der Waals surface area (Å²) in [6, 6.07) is 4.09. The number of fused-ring (bicyclic) bond motifs is 4. The van der Waals surface area contributed by atoms with E-state index in [1.807, 2.05) is 17.5 Å². The summed E-state index contributed by atoms with van der Waals surface area (Å²) >= 11 is 1.60. The van der Waals surface area contributed by atoms with Crippen molar-refractivity contribution >= 4 is 27.3 Å². The minimum absolute atomic E-state index is 0.0904. The summed E-state index contributed by atoms with van der Waals surface area (Å²) < 4.78 is 6.36. The van der Waals surface area contributed by atoms with Crippen molar-refractivity contribution in [3.05, 3.63) is 23.2 Å². The van der Waals surface area contributed by atoms with Gasteiger partial charge in [-0.25, -0.2) is 4.98 Å². The fourth-order valence-electron chi connectivity index (χ4n) is 3.58. The summed E-state index contributed by atoms with van der Waals surface area (Å²) in [6.07, 6.45) is 2.37. The molecule has 0 radical (unpaired) electrons. The quantitative estimate of drug-likeness (QED) is 0.942. The van der Waals surface area contributed by atoms with Gasteiger partial charge in [-0.3, -0.25) is 4.79 Å². The third-order valence-corrected chi connectivity index (χ3v) is 5.68. The fraction of sp³-hybridized carbons (Fsp3) is 0.500. The van der Waals surface area contributed by atoms with Gasteiger partial charge in [0, 0.05) is 17.3 Å². The number of carbonyl (C=O) groups excluding carboxylic acids is 1.